The van der Waals surface area contributed by atoms with Gasteiger partial charge in [-0.1, -0.05) is 19.4 Å². The van der Waals surface area contributed by atoms with Gasteiger partial charge in [-0.3, -0.25) is 0 Å². The van der Waals surface area contributed by atoms with Crippen molar-refractivity contribution >= 4 is 15.0 Å². The molecule has 0 amide bonds. The van der Waals surface area contributed by atoms with Gasteiger partial charge in [-0.05, 0) is 26.0 Å². The third kappa shape index (κ3) is 5.24. The first kappa shape index (κ1) is 14.1. The van der Waals surface area contributed by atoms with E-state index in [2.05, 4.69) is 12.2 Å². The summed E-state index contributed by atoms with van der Waals surface area (Å²) in [6.45, 7) is 6.25. The van der Waals surface area contributed by atoms with E-state index in [0.29, 0.717) is 0 Å². The molecule has 95 valence electrons. The topological polar surface area (TPSA) is 30.5 Å². The fourth-order valence-electron chi connectivity index (χ4n) is 1.45. The van der Waals surface area contributed by atoms with Gasteiger partial charge in [-0.15, -0.1) is 0 Å². The molecule has 4 heteroatoms. The lowest BCUT2D eigenvalue weighted by Gasteiger charge is -2.18. The Hall–Kier alpha value is -1.00. The molecule has 0 heterocycles. The van der Waals surface area contributed by atoms with E-state index in [-0.39, 0.29) is 6.10 Å². The van der Waals surface area contributed by atoms with Crippen molar-refractivity contribution in [1.82, 2.24) is 0 Å². The van der Waals surface area contributed by atoms with Gasteiger partial charge in [-0.2, -0.15) is 0 Å². The molecule has 0 saturated heterocycles. The van der Waals surface area contributed by atoms with Crippen LogP contribution in [0.15, 0.2) is 24.3 Å². The van der Waals surface area contributed by atoms with E-state index in [0.717, 1.165) is 23.9 Å². The quantitative estimate of drug-likeness (QED) is 0.754. The molecular formula is C13H22NO2Si. The van der Waals surface area contributed by atoms with Gasteiger partial charge in [0.25, 0.3) is 0 Å². The average molecular weight is 252 g/mol. The number of hydrogen-bond acceptors (Lipinski definition) is 3. The number of anilines is 1. The van der Waals surface area contributed by atoms with Crippen molar-refractivity contribution in [2.75, 3.05) is 12.4 Å². The summed E-state index contributed by atoms with van der Waals surface area (Å²) in [6.07, 6.45) is 1.31. The molecule has 0 aliphatic rings. The van der Waals surface area contributed by atoms with Gasteiger partial charge in [0.1, 0.15) is 5.75 Å². The van der Waals surface area contributed by atoms with Crippen LogP contribution in [-0.2, 0) is 4.43 Å². The maximum Gasteiger partial charge on any atom is 0.458 e. The Morgan fingerprint density at radius 3 is 2.71 bits per heavy atom. The molecule has 0 bridgehead atoms. The molecule has 0 unspecified atom stereocenters. The fraction of sp³-hybridized carbons (Fsp3) is 0.538. The van der Waals surface area contributed by atoms with Crippen molar-refractivity contribution in [3.05, 3.63) is 24.3 Å². The minimum absolute atomic E-state index is 0.225. The second kappa shape index (κ2) is 7.35. The molecule has 3 nitrogen and oxygen atoms in total. The molecule has 17 heavy (non-hydrogen) atoms. The van der Waals surface area contributed by atoms with Gasteiger partial charge in [0, 0.05) is 30.9 Å². The van der Waals surface area contributed by atoms with Crippen LogP contribution in [0, 0.1) is 0 Å². The Morgan fingerprint density at radius 2 is 2.12 bits per heavy atom. The lowest BCUT2D eigenvalue weighted by atomic mass is 10.3. The second-order valence-electron chi connectivity index (χ2n) is 4.17. The first-order valence-electron chi connectivity index (χ1n) is 6.13. The molecule has 1 radical (unpaired) electrons. The number of rotatable bonds is 7. The van der Waals surface area contributed by atoms with E-state index < -0.39 is 9.28 Å². The smallest absolute Gasteiger partial charge is 0.458 e. The number of hydrogen-bond donors (Lipinski definition) is 1. The first-order chi connectivity index (χ1) is 8.15. The SMILES string of the molecule is CCC[Si](Oc1cccc(NC)c1)OC(C)C. The van der Waals surface area contributed by atoms with Crippen molar-refractivity contribution in [1.29, 1.82) is 0 Å². The van der Waals surface area contributed by atoms with Crippen LogP contribution in [0.25, 0.3) is 0 Å². The maximum atomic E-state index is 5.95. The van der Waals surface area contributed by atoms with Crippen molar-refractivity contribution < 1.29 is 8.85 Å². The molecule has 0 aromatic heterocycles. The zero-order valence-corrected chi connectivity index (χ0v) is 12.1. The summed E-state index contributed by atoms with van der Waals surface area (Å²) in [5, 5.41) is 3.10. The number of nitrogens with one attached hydrogen (secondary N) is 1. The van der Waals surface area contributed by atoms with Gasteiger partial charge in [0.15, 0.2) is 0 Å². The Morgan fingerprint density at radius 1 is 1.35 bits per heavy atom. The highest BCUT2D eigenvalue weighted by Gasteiger charge is 2.18. The van der Waals surface area contributed by atoms with Crippen LogP contribution >= 0.6 is 0 Å². The highest BCUT2D eigenvalue weighted by atomic mass is 28.3. The summed E-state index contributed by atoms with van der Waals surface area (Å²) in [5.74, 6) is 0.889. The Kier molecular flexibility index (Phi) is 6.08. The molecule has 0 fully saturated rings. The third-order valence-corrected chi connectivity index (χ3v) is 4.28. The van der Waals surface area contributed by atoms with E-state index in [1.54, 1.807) is 0 Å². The Balaban J connectivity index is 2.64. The highest BCUT2D eigenvalue weighted by Crippen LogP contribution is 2.19. The lowest BCUT2D eigenvalue weighted by molar-refractivity contribution is 0.202. The molecule has 0 aliphatic carbocycles. The van der Waals surface area contributed by atoms with E-state index in [9.17, 15) is 0 Å². The van der Waals surface area contributed by atoms with E-state index in [1.165, 1.54) is 0 Å². The zero-order valence-electron chi connectivity index (χ0n) is 11.1. The lowest BCUT2D eigenvalue weighted by Crippen LogP contribution is -2.29. The summed E-state index contributed by atoms with van der Waals surface area (Å²) in [5.41, 5.74) is 1.06. The Labute approximate surface area is 106 Å². The molecule has 1 aromatic carbocycles. The summed E-state index contributed by atoms with van der Waals surface area (Å²) in [7, 11) is 0.705. The van der Waals surface area contributed by atoms with Gasteiger partial charge >= 0.3 is 9.28 Å². The van der Waals surface area contributed by atoms with Crippen molar-refractivity contribution in [3.8, 4) is 5.75 Å². The zero-order chi connectivity index (χ0) is 12.7. The van der Waals surface area contributed by atoms with Crippen molar-refractivity contribution in [2.24, 2.45) is 0 Å². The average Bonchev–Trinajstić information content (AvgIpc) is 2.29. The van der Waals surface area contributed by atoms with Crippen LogP contribution < -0.4 is 9.74 Å². The van der Waals surface area contributed by atoms with Crippen LogP contribution in [-0.4, -0.2) is 22.4 Å². The van der Waals surface area contributed by atoms with Crippen LogP contribution in [0.2, 0.25) is 6.04 Å². The molecule has 1 N–H and O–H groups in total. The second-order valence-corrected chi connectivity index (χ2v) is 5.85. The molecule has 0 atom stereocenters. The minimum Gasteiger partial charge on any atom is -0.519 e. The van der Waals surface area contributed by atoms with E-state index >= 15 is 0 Å². The van der Waals surface area contributed by atoms with E-state index in [1.807, 2.05) is 45.2 Å². The maximum absolute atomic E-state index is 5.95. The van der Waals surface area contributed by atoms with E-state index in [4.69, 9.17) is 8.85 Å². The summed E-state index contributed by atoms with van der Waals surface area (Å²) < 4.78 is 11.8. The third-order valence-electron chi connectivity index (χ3n) is 2.18. The van der Waals surface area contributed by atoms with Gasteiger partial charge in [0.05, 0.1) is 0 Å². The van der Waals surface area contributed by atoms with Crippen LogP contribution in [0.4, 0.5) is 5.69 Å². The van der Waals surface area contributed by atoms with Gasteiger partial charge < -0.3 is 14.2 Å². The molecular weight excluding hydrogens is 230 g/mol. The molecule has 0 aliphatic heterocycles. The molecule has 0 saturated carbocycles. The standard InChI is InChI=1S/C13H22NO2Si/c1-5-9-17(15-11(2)3)16-13-8-6-7-12(10-13)14-4/h6-8,10-11,14H,5,9H2,1-4H3. The summed E-state index contributed by atoms with van der Waals surface area (Å²) in [4.78, 5) is 0. The fourth-order valence-corrected chi connectivity index (χ4v) is 3.04. The van der Waals surface area contributed by atoms with Crippen LogP contribution in [0.3, 0.4) is 0 Å². The largest absolute Gasteiger partial charge is 0.519 e. The molecule has 0 spiro atoms. The molecule has 1 rings (SSSR count). The predicted octanol–water partition coefficient (Wildman–Crippen LogP) is 3.43. The predicted molar refractivity (Wildman–Crippen MR) is 73.7 cm³/mol. The van der Waals surface area contributed by atoms with Gasteiger partial charge in [0.2, 0.25) is 0 Å². The number of benzene rings is 1. The van der Waals surface area contributed by atoms with Crippen molar-refractivity contribution in [3.63, 3.8) is 0 Å². The van der Waals surface area contributed by atoms with Crippen LogP contribution in [0.5, 0.6) is 5.75 Å². The monoisotopic (exact) mass is 252 g/mol. The van der Waals surface area contributed by atoms with Crippen LogP contribution in [0.1, 0.15) is 27.2 Å². The van der Waals surface area contributed by atoms with Crippen molar-refractivity contribution in [2.45, 2.75) is 39.3 Å². The summed E-state index contributed by atoms with van der Waals surface area (Å²) >= 11 is 0. The Bertz CT molecular complexity index is 331. The summed E-state index contributed by atoms with van der Waals surface area (Å²) in [6, 6.07) is 8.99. The normalized spacial score (nSPS) is 10.9. The first-order valence-corrected chi connectivity index (χ1v) is 7.66. The van der Waals surface area contributed by atoms with Gasteiger partial charge in [-0.25, -0.2) is 0 Å². The minimum atomic E-state index is -1.20. The molecule has 1 aromatic rings. The highest BCUT2D eigenvalue weighted by molar-refractivity contribution is 6.45.